The van der Waals surface area contributed by atoms with Crippen molar-refractivity contribution in [3.8, 4) is 5.75 Å². The molecule has 0 amide bonds. The van der Waals surface area contributed by atoms with Gasteiger partial charge in [0, 0.05) is 25.0 Å². The Labute approximate surface area is 122 Å². The third kappa shape index (κ3) is 3.15. The van der Waals surface area contributed by atoms with Gasteiger partial charge in [-0.15, -0.1) is 0 Å². The molecule has 0 radical (unpaired) electrons. The summed E-state index contributed by atoms with van der Waals surface area (Å²) in [7, 11) is 0. The lowest BCUT2D eigenvalue weighted by Crippen LogP contribution is -2.39. The van der Waals surface area contributed by atoms with Crippen molar-refractivity contribution in [2.75, 3.05) is 26.2 Å². The molecule has 2 aliphatic heterocycles. The smallest absolute Gasteiger partial charge is 0.122 e. The molecule has 1 fully saturated rings. The number of rotatable bonds is 5. The standard InChI is InChI=1S/C17H26N2O/c1-13(12-19-8-3-4-9-19)18-14(2)15-5-6-17-16(11-15)7-10-20-17/h5-6,11,13-14,18H,3-4,7-10,12H2,1-2H3. The topological polar surface area (TPSA) is 24.5 Å². The Morgan fingerprint density at radius 1 is 1.25 bits per heavy atom. The van der Waals surface area contributed by atoms with Crippen molar-refractivity contribution in [1.82, 2.24) is 10.2 Å². The van der Waals surface area contributed by atoms with Crippen LogP contribution in [0.3, 0.4) is 0 Å². The van der Waals surface area contributed by atoms with Gasteiger partial charge in [0.25, 0.3) is 0 Å². The normalized spacial score (nSPS) is 21.5. The molecule has 1 aromatic carbocycles. The van der Waals surface area contributed by atoms with Crippen molar-refractivity contribution in [1.29, 1.82) is 0 Å². The van der Waals surface area contributed by atoms with Gasteiger partial charge in [-0.1, -0.05) is 12.1 Å². The second-order valence-electron chi connectivity index (χ2n) is 6.26. The molecular formula is C17H26N2O. The Hall–Kier alpha value is -1.06. The van der Waals surface area contributed by atoms with Crippen LogP contribution in [-0.4, -0.2) is 37.2 Å². The average Bonchev–Trinajstić information content (AvgIpc) is 3.07. The highest BCUT2D eigenvalue weighted by atomic mass is 16.5. The second-order valence-corrected chi connectivity index (χ2v) is 6.26. The van der Waals surface area contributed by atoms with Gasteiger partial charge in [-0.3, -0.25) is 0 Å². The third-order valence-corrected chi connectivity index (χ3v) is 4.48. The third-order valence-electron chi connectivity index (χ3n) is 4.48. The minimum absolute atomic E-state index is 0.401. The number of nitrogens with zero attached hydrogens (tertiary/aromatic N) is 1. The minimum atomic E-state index is 0.401. The van der Waals surface area contributed by atoms with Crippen LogP contribution in [-0.2, 0) is 6.42 Å². The van der Waals surface area contributed by atoms with Crippen LogP contribution in [0.1, 0.15) is 43.9 Å². The lowest BCUT2D eigenvalue weighted by molar-refractivity contribution is 0.289. The molecule has 2 unspecified atom stereocenters. The van der Waals surface area contributed by atoms with E-state index in [0.717, 1.165) is 18.8 Å². The molecule has 0 saturated carbocycles. The van der Waals surface area contributed by atoms with Gasteiger partial charge in [-0.2, -0.15) is 0 Å². The van der Waals surface area contributed by atoms with Gasteiger partial charge >= 0.3 is 0 Å². The van der Waals surface area contributed by atoms with E-state index in [2.05, 4.69) is 42.3 Å². The van der Waals surface area contributed by atoms with E-state index < -0.39 is 0 Å². The Morgan fingerprint density at radius 3 is 2.85 bits per heavy atom. The first-order chi connectivity index (χ1) is 9.72. The summed E-state index contributed by atoms with van der Waals surface area (Å²) in [6.07, 6.45) is 3.79. The fraction of sp³-hybridized carbons (Fsp3) is 0.647. The Bertz CT molecular complexity index is 454. The van der Waals surface area contributed by atoms with Crippen molar-refractivity contribution in [3.63, 3.8) is 0 Å². The molecule has 2 heterocycles. The summed E-state index contributed by atoms with van der Waals surface area (Å²) in [6.45, 7) is 9.11. The van der Waals surface area contributed by atoms with Crippen LogP contribution in [0.25, 0.3) is 0 Å². The summed E-state index contributed by atoms with van der Waals surface area (Å²) >= 11 is 0. The lowest BCUT2D eigenvalue weighted by atomic mass is 10.0. The second kappa shape index (κ2) is 6.15. The summed E-state index contributed by atoms with van der Waals surface area (Å²) in [5.74, 6) is 1.08. The van der Waals surface area contributed by atoms with Gasteiger partial charge < -0.3 is 15.0 Å². The molecule has 0 bridgehead atoms. The van der Waals surface area contributed by atoms with Crippen molar-refractivity contribution in [2.45, 2.75) is 45.2 Å². The first kappa shape index (κ1) is 13.9. The number of hydrogen-bond donors (Lipinski definition) is 1. The average molecular weight is 274 g/mol. The lowest BCUT2D eigenvalue weighted by Gasteiger charge is -2.25. The highest BCUT2D eigenvalue weighted by molar-refractivity contribution is 5.40. The number of benzene rings is 1. The van der Waals surface area contributed by atoms with Gasteiger partial charge in [0.1, 0.15) is 5.75 Å². The molecule has 110 valence electrons. The van der Waals surface area contributed by atoms with Crippen LogP contribution in [0.4, 0.5) is 0 Å². The monoisotopic (exact) mass is 274 g/mol. The Morgan fingerprint density at radius 2 is 2.05 bits per heavy atom. The van der Waals surface area contributed by atoms with Crippen LogP contribution >= 0.6 is 0 Å². The molecule has 2 atom stereocenters. The molecule has 3 nitrogen and oxygen atoms in total. The van der Waals surface area contributed by atoms with Gasteiger partial charge in [-0.25, -0.2) is 0 Å². The van der Waals surface area contributed by atoms with E-state index in [-0.39, 0.29) is 0 Å². The van der Waals surface area contributed by atoms with Crippen molar-refractivity contribution >= 4 is 0 Å². The van der Waals surface area contributed by atoms with Crippen molar-refractivity contribution in [3.05, 3.63) is 29.3 Å². The highest BCUT2D eigenvalue weighted by Gasteiger charge is 2.18. The van der Waals surface area contributed by atoms with Crippen molar-refractivity contribution in [2.24, 2.45) is 0 Å². The number of fused-ring (bicyclic) bond motifs is 1. The predicted octanol–water partition coefficient (Wildman–Crippen LogP) is 2.76. The van der Waals surface area contributed by atoms with E-state index in [4.69, 9.17) is 4.74 Å². The highest BCUT2D eigenvalue weighted by Crippen LogP contribution is 2.28. The van der Waals surface area contributed by atoms with E-state index in [1.807, 2.05) is 0 Å². The number of likely N-dealkylation sites (tertiary alicyclic amines) is 1. The zero-order chi connectivity index (χ0) is 13.9. The van der Waals surface area contributed by atoms with Gasteiger partial charge in [0.15, 0.2) is 0 Å². The maximum absolute atomic E-state index is 5.58. The molecule has 0 aliphatic carbocycles. The van der Waals surface area contributed by atoms with Gasteiger partial charge in [-0.05, 0) is 57.0 Å². The molecule has 3 rings (SSSR count). The number of nitrogens with one attached hydrogen (secondary N) is 1. The first-order valence-corrected chi connectivity index (χ1v) is 7.96. The Kier molecular flexibility index (Phi) is 4.27. The fourth-order valence-electron chi connectivity index (χ4n) is 3.40. The molecule has 1 N–H and O–H groups in total. The number of hydrogen-bond acceptors (Lipinski definition) is 3. The zero-order valence-electron chi connectivity index (χ0n) is 12.7. The molecule has 1 aromatic rings. The van der Waals surface area contributed by atoms with E-state index in [1.54, 1.807) is 0 Å². The van der Waals surface area contributed by atoms with Crippen LogP contribution in [0.15, 0.2) is 18.2 Å². The zero-order valence-corrected chi connectivity index (χ0v) is 12.7. The summed E-state index contributed by atoms with van der Waals surface area (Å²) in [6, 6.07) is 7.57. The van der Waals surface area contributed by atoms with Crippen LogP contribution in [0.5, 0.6) is 5.75 Å². The summed E-state index contributed by atoms with van der Waals surface area (Å²) in [5, 5.41) is 3.73. The fourth-order valence-corrected chi connectivity index (χ4v) is 3.40. The number of ether oxygens (including phenoxy) is 1. The SMILES string of the molecule is CC(CN1CCCC1)NC(C)c1ccc2c(c1)CCO2. The van der Waals surface area contributed by atoms with Crippen LogP contribution < -0.4 is 10.1 Å². The summed E-state index contributed by atoms with van der Waals surface area (Å²) in [4.78, 5) is 2.57. The summed E-state index contributed by atoms with van der Waals surface area (Å²) in [5.41, 5.74) is 2.74. The molecule has 0 spiro atoms. The minimum Gasteiger partial charge on any atom is -0.493 e. The van der Waals surface area contributed by atoms with E-state index in [1.165, 1.54) is 43.6 Å². The van der Waals surface area contributed by atoms with Gasteiger partial charge in [0.2, 0.25) is 0 Å². The van der Waals surface area contributed by atoms with Crippen LogP contribution in [0.2, 0.25) is 0 Å². The molecule has 2 aliphatic rings. The predicted molar refractivity (Wildman–Crippen MR) is 82.3 cm³/mol. The summed E-state index contributed by atoms with van der Waals surface area (Å²) < 4.78 is 5.58. The first-order valence-electron chi connectivity index (χ1n) is 7.96. The quantitative estimate of drug-likeness (QED) is 0.893. The molecular weight excluding hydrogens is 248 g/mol. The Balaban J connectivity index is 1.56. The largest absolute Gasteiger partial charge is 0.493 e. The molecule has 3 heteroatoms. The maximum Gasteiger partial charge on any atom is 0.122 e. The maximum atomic E-state index is 5.58. The van der Waals surface area contributed by atoms with Crippen molar-refractivity contribution < 1.29 is 4.74 Å². The van der Waals surface area contributed by atoms with E-state index in [0.29, 0.717) is 12.1 Å². The molecule has 20 heavy (non-hydrogen) atoms. The van der Waals surface area contributed by atoms with E-state index >= 15 is 0 Å². The van der Waals surface area contributed by atoms with E-state index in [9.17, 15) is 0 Å². The molecule has 1 saturated heterocycles. The molecule has 0 aromatic heterocycles. The van der Waals surface area contributed by atoms with Crippen LogP contribution in [0, 0.1) is 0 Å². The van der Waals surface area contributed by atoms with Gasteiger partial charge in [0.05, 0.1) is 6.61 Å².